The van der Waals surface area contributed by atoms with Gasteiger partial charge in [0.15, 0.2) is 0 Å². The number of carbonyl (C=O) groups excluding carboxylic acids is 1. The first-order valence-corrected chi connectivity index (χ1v) is 10.7. The fourth-order valence-corrected chi connectivity index (χ4v) is 4.14. The number of nitrogens with one attached hydrogen (secondary N) is 2. The van der Waals surface area contributed by atoms with Gasteiger partial charge in [-0.15, -0.1) is 0 Å². The Balaban J connectivity index is 3.00. The lowest BCUT2D eigenvalue weighted by Crippen LogP contribution is -2.40. The molecule has 5 nitrogen and oxygen atoms in total. The van der Waals surface area contributed by atoms with Crippen molar-refractivity contribution in [3.05, 3.63) is 28.2 Å². The second-order valence-electron chi connectivity index (χ2n) is 7.84. The van der Waals surface area contributed by atoms with Crippen LogP contribution in [0.1, 0.15) is 64.7 Å². The Morgan fingerprint density at radius 2 is 1.76 bits per heavy atom. The number of halogens is 1. The highest BCUT2D eigenvalue weighted by molar-refractivity contribution is 9.10. The molecule has 0 aliphatic heterocycles. The smallest absolute Gasteiger partial charge is 0.252 e. The average molecular weight is 433 g/mol. The average Bonchev–Trinajstić information content (AvgIpc) is 2.42. The molecular weight excluding hydrogens is 404 g/mol. The molecule has 0 bridgehead atoms. The van der Waals surface area contributed by atoms with E-state index in [9.17, 15) is 13.2 Å². The number of hydrogen-bond acceptors (Lipinski definition) is 3. The van der Waals surface area contributed by atoms with E-state index in [1.54, 1.807) is 26.8 Å². The van der Waals surface area contributed by atoms with Crippen molar-refractivity contribution < 1.29 is 13.2 Å². The third-order valence-electron chi connectivity index (χ3n) is 3.49. The van der Waals surface area contributed by atoms with Gasteiger partial charge < -0.3 is 5.32 Å². The Morgan fingerprint density at radius 3 is 2.28 bits per heavy atom. The molecule has 1 aromatic carbocycles. The van der Waals surface area contributed by atoms with Crippen molar-refractivity contribution in [2.45, 2.75) is 70.9 Å². The van der Waals surface area contributed by atoms with E-state index in [-0.39, 0.29) is 16.8 Å². The van der Waals surface area contributed by atoms with E-state index < -0.39 is 15.6 Å². The van der Waals surface area contributed by atoms with Crippen LogP contribution in [-0.4, -0.2) is 25.9 Å². The quantitative estimate of drug-likeness (QED) is 0.681. The molecule has 7 heteroatoms. The SMILES string of the molecule is CC(C)CCC(C)NC(=O)c1cc(S(=O)(=O)NC(C)(C)C)ccc1Br. The van der Waals surface area contributed by atoms with Crippen molar-refractivity contribution in [1.82, 2.24) is 10.0 Å². The molecule has 2 N–H and O–H groups in total. The minimum atomic E-state index is -3.69. The Kier molecular flexibility index (Phi) is 7.65. The zero-order valence-electron chi connectivity index (χ0n) is 15.8. The number of hydrogen-bond donors (Lipinski definition) is 2. The molecule has 0 aromatic heterocycles. The number of carbonyl (C=O) groups is 1. The van der Waals surface area contributed by atoms with Gasteiger partial charge in [0.25, 0.3) is 5.91 Å². The van der Waals surface area contributed by atoms with Crippen LogP contribution in [0.25, 0.3) is 0 Å². The van der Waals surface area contributed by atoms with E-state index in [4.69, 9.17) is 0 Å². The highest BCUT2D eigenvalue weighted by Crippen LogP contribution is 2.22. The van der Waals surface area contributed by atoms with Crippen molar-refractivity contribution in [2.75, 3.05) is 0 Å². The maximum Gasteiger partial charge on any atom is 0.252 e. The van der Waals surface area contributed by atoms with Crippen molar-refractivity contribution in [1.29, 1.82) is 0 Å². The van der Waals surface area contributed by atoms with E-state index >= 15 is 0 Å². The van der Waals surface area contributed by atoms with Gasteiger partial charge in [0.1, 0.15) is 0 Å². The summed E-state index contributed by atoms with van der Waals surface area (Å²) in [7, 11) is -3.69. The Hall–Kier alpha value is -0.920. The summed E-state index contributed by atoms with van der Waals surface area (Å²) in [4.78, 5) is 12.6. The second kappa shape index (κ2) is 8.64. The highest BCUT2D eigenvalue weighted by atomic mass is 79.9. The molecule has 142 valence electrons. The van der Waals surface area contributed by atoms with Gasteiger partial charge in [0.2, 0.25) is 10.0 Å². The number of rotatable bonds is 7. The molecule has 1 atom stereocenters. The Morgan fingerprint density at radius 1 is 1.16 bits per heavy atom. The van der Waals surface area contributed by atoms with Crippen LogP contribution in [-0.2, 0) is 10.0 Å². The Bertz CT molecular complexity index is 710. The van der Waals surface area contributed by atoms with Crippen LogP contribution in [0.5, 0.6) is 0 Å². The summed E-state index contributed by atoms with van der Waals surface area (Å²) >= 11 is 3.34. The highest BCUT2D eigenvalue weighted by Gasteiger charge is 2.24. The zero-order valence-corrected chi connectivity index (χ0v) is 18.2. The van der Waals surface area contributed by atoms with Crippen molar-refractivity contribution >= 4 is 31.9 Å². The van der Waals surface area contributed by atoms with Gasteiger partial charge in [-0.1, -0.05) is 13.8 Å². The van der Waals surface area contributed by atoms with Gasteiger partial charge in [-0.2, -0.15) is 0 Å². The zero-order chi connectivity index (χ0) is 19.4. The predicted octanol–water partition coefficient (Wildman–Crippen LogP) is 4.08. The van der Waals surface area contributed by atoms with Crippen LogP contribution in [0.15, 0.2) is 27.6 Å². The van der Waals surface area contributed by atoms with Crippen LogP contribution in [0.2, 0.25) is 0 Å². The molecule has 0 radical (unpaired) electrons. The molecule has 0 aliphatic carbocycles. The molecule has 0 saturated carbocycles. The molecule has 1 rings (SSSR count). The predicted molar refractivity (Wildman–Crippen MR) is 105 cm³/mol. The topological polar surface area (TPSA) is 75.3 Å². The summed E-state index contributed by atoms with van der Waals surface area (Å²) in [6.45, 7) is 11.5. The third kappa shape index (κ3) is 7.46. The number of benzene rings is 1. The van der Waals surface area contributed by atoms with E-state index in [1.165, 1.54) is 12.1 Å². The van der Waals surface area contributed by atoms with E-state index in [1.807, 2.05) is 6.92 Å². The monoisotopic (exact) mass is 432 g/mol. The lowest BCUT2D eigenvalue weighted by atomic mass is 10.0. The Labute approximate surface area is 160 Å². The summed E-state index contributed by atoms with van der Waals surface area (Å²) in [6, 6.07) is 4.50. The maximum absolute atomic E-state index is 12.5. The van der Waals surface area contributed by atoms with E-state index in [0.29, 0.717) is 16.0 Å². The fourth-order valence-electron chi connectivity index (χ4n) is 2.26. The van der Waals surface area contributed by atoms with Gasteiger partial charge in [0.05, 0.1) is 10.5 Å². The minimum absolute atomic E-state index is 0.0229. The molecular formula is C18H29BrN2O3S. The second-order valence-corrected chi connectivity index (χ2v) is 10.4. The number of sulfonamides is 1. The molecule has 0 spiro atoms. The molecule has 0 saturated heterocycles. The first kappa shape index (κ1) is 22.1. The van der Waals surface area contributed by atoms with Gasteiger partial charge in [-0.3, -0.25) is 4.79 Å². The lowest BCUT2D eigenvalue weighted by Gasteiger charge is -2.21. The fraction of sp³-hybridized carbons (Fsp3) is 0.611. The molecule has 1 unspecified atom stereocenters. The summed E-state index contributed by atoms with van der Waals surface area (Å²) in [6.07, 6.45) is 1.90. The van der Waals surface area contributed by atoms with Crippen LogP contribution >= 0.6 is 15.9 Å². The molecule has 0 aliphatic rings. The van der Waals surface area contributed by atoms with E-state index in [2.05, 4.69) is 39.8 Å². The van der Waals surface area contributed by atoms with Gasteiger partial charge >= 0.3 is 0 Å². The molecule has 25 heavy (non-hydrogen) atoms. The standard InChI is InChI=1S/C18H29BrN2O3S/c1-12(2)7-8-13(3)20-17(22)15-11-14(9-10-16(15)19)25(23,24)21-18(4,5)6/h9-13,21H,7-8H2,1-6H3,(H,20,22). The van der Waals surface area contributed by atoms with Crippen molar-refractivity contribution in [3.8, 4) is 0 Å². The van der Waals surface area contributed by atoms with Gasteiger partial charge in [-0.25, -0.2) is 13.1 Å². The molecule has 1 amide bonds. The minimum Gasteiger partial charge on any atom is -0.350 e. The van der Waals surface area contributed by atoms with Crippen LogP contribution in [0.4, 0.5) is 0 Å². The van der Waals surface area contributed by atoms with Crippen LogP contribution < -0.4 is 10.0 Å². The summed E-state index contributed by atoms with van der Waals surface area (Å²) < 4.78 is 28.1. The molecule has 0 heterocycles. The first-order chi connectivity index (χ1) is 11.3. The van der Waals surface area contributed by atoms with E-state index in [0.717, 1.165) is 12.8 Å². The molecule has 1 aromatic rings. The third-order valence-corrected chi connectivity index (χ3v) is 5.93. The maximum atomic E-state index is 12.5. The first-order valence-electron chi connectivity index (χ1n) is 8.46. The van der Waals surface area contributed by atoms with Crippen LogP contribution in [0.3, 0.4) is 0 Å². The van der Waals surface area contributed by atoms with Gasteiger partial charge in [-0.05, 0) is 80.6 Å². The van der Waals surface area contributed by atoms with Crippen molar-refractivity contribution in [3.63, 3.8) is 0 Å². The normalized spacial score (nSPS) is 13.8. The van der Waals surface area contributed by atoms with Crippen molar-refractivity contribution in [2.24, 2.45) is 5.92 Å². The largest absolute Gasteiger partial charge is 0.350 e. The number of amides is 1. The lowest BCUT2D eigenvalue weighted by molar-refractivity contribution is 0.0936. The summed E-state index contributed by atoms with van der Waals surface area (Å²) in [5.41, 5.74) is -0.284. The summed E-state index contributed by atoms with van der Waals surface area (Å²) in [5.74, 6) is 0.291. The summed E-state index contributed by atoms with van der Waals surface area (Å²) in [5, 5.41) is 2.94. The van der Waals surface area contributed by atoms with Crippen LogP contribution in [0, 0.1) is 5.92 Å². The molecule has 0 fully saturated rings. The van der Waals surface area contributed by atoms with Gasteiger partial charge in [0, 0.05) is 16.1 Å².